The number of esters is 1. The van der Waals surface area contributed by atoms with Crippen LogP contribution >= 0.6 is 11.6 Å². The van der Waals surface area contributed by atoms with Crippen LogP contribution in [0.1, 0.15) is 16.7 Å². The van der Waals surface area contributed by atoms with E-state index in [1.807, 2.05) is 32.0 Å². The van der Waals surface area contributed by atoms with Crippen molar-refractivity contribution in [3.8, 4) is 5.75 Å². The van der Waals surface area contributed by atoms with Crippen molar-refractivity contribution in [2.24, 2.45) is 5.92 Å². The lowest BCUT2D eigenvalue weighted by Gasteiger charge is -2.24. The number of aryl methyl sites for hydroxylation is 2. The zero-order valence-corrected chi connectivity index (χ0v) is 15.4. The van der Waals surface area contributed by atoms with E-state index < -0.39 is 11.9 Å². The summed E-state index contributed by atoms with van der Waals surface area (Å²) in [5.74, 6) is -0.547. The Bertz CT molecular complexity index is 850. The maximum Gasteiger partial charge on any atom is 0.313 e. The summed E-state index contributed by atoms with van der Waals surface area (Å²) in [7, 11) is 0. The predicted octanol–water partition coefficient (Wildman–Crippen LogP) is 3.69. The van der Waals surface area contributed by atoms with E-state index in [4.69, 9.17) is 21.1 Å². The highest BCUT2D eigenvalue weighted by atomic mass is 35.5. The number of carbonyl (C=O) groups is 2. The van der Waals surface area contributed by atoms with Gasteiger partial charge in [-0.25, -0.2) is 0 Å². The summed E-state index contributed by atoms with van der Waals surface area (Å²) >= 11 is 5.98. The second-order valence-corrected chi connectivity index (χ2v) is 6.86. The van der Waals surface area contributed by atoms with Crippen LogP contribution in [0.5, 0.6) is 5.75 Å². The topological polar surface area (TPSA) is 64.6 Å². The first-order chi connectivity index (χ1) is 12.4. The van der Waals surface area contributed by atoms with Gasteiger partial charge in [-0.15, -0.1) is 0 Å². The molecular formula is C20H20ClNO4. The predicted molar refractivity (Wildman–Crippen MR) is 99.6 cm³/mol. The summed E-state index contributed by atoms with van der Waals surface area (Å²) in [4.78, 5) is 24.2. The summed E-state index contributed by atoms with van der Waals surface area (Å²) < 4.78 is 10.7. The van der Waals surface area contributed by atoms with Crippen molar-refractivity contribution in [3.63, 3.8) is 0 Å². The van der Waals surface area contributed by atoms with Crippen LogP contribution in [0.25, 0.3) is 0 Å². The van der Waals surface area contributed by atoms with Crippen molar-refractivity contribution in [1.29, 1.82) is 0 Å². The van der Waals surface area contributed by atoms with Gasteiger partial charge in [0.1, 0.15) is 12.4 Å². The molecule has 1 heterocycles. The second-order valence-electron chi connectivity index (χ2n) is 6.42. The number of ether oxygens (including phenoxy) is 2. The molecule has 6 heteroatoms. The van der Waals surface area contributed by atoms with Crippen LogP contribution in [0, 0.1) is 19.8 Å². The van der Waals surface area contributed by atoms with Crippen LogP contribution in [-0.2, 0) is 20.7 Å². The first kappa shape index (κ1) is 18.3. The Kier molecular flexibility index (Phi) is 5.47. The number of amides is 1. The van der Waals surface area contributed by atoms with E-state index in [2.05, 4.69) is 5.32 Å². The highest BCUT2D eigenvalue weighted by Crippen LogP contribution is 2.30. The van der Waals surface area contributed by atoms with E-state index in [0.717, 1.165) is 22.4 Å². The molecule has 0 unspecified atom stereocenters. The molecule has 0 saturated heterocycles. The Hall–Kier alpha value is -2.53. The van der Waals surface area contributed by atoms with Crippen LogP contribution in [0.15, 0.2) is 36.4 Å². The van der Waals surface area contributed by atoms with E-state index in [0.29, 0.717) is 17.1 Å². The number of anilines is 1. The van der Waals surface area contributed by atoms with Crippen LogP contribution in [0.3, 0.4) is 0 Å². The summed E-state index contributed by atoms with van der Waals surface area (Å²) in [6.45, 7) is 3.87. The van der Waals surface area contributed by atoms with Crippen molar-refractivity contribution >= 4 is 29.2 Å². The van der Waals surface area contributed by atoms with E-state index in [1.54, 1.807) is 18.2 Å². The Morgan fingerprint density at radius 1 is 1.19 bits per heavy atom. The van der Waals surface area contributed by atoms with Gasteiger partial charge in [-0.2, -0.15) is 0 Å². The number of nitrogens with one attached hydrogen (secondary N) is 1. The molecule has 26 heavy (non-hydrogen) atoms. The summed E-state index contributed by atoms with van der Waals surface area (Å²) in [5.41, 5.74) is 3.77. The number of hydrogen-bond donors (Lipinski definition) is 1. The summed E-state index contributed by atoms with van der Waals surface area (Å²) in [5, 5.41) is 3.32. The molecule has 0 radical (unpaired) electrons. The molecule has 0 aliphatic carbocycles. The highest BCUT2D eigenvalue weighted by Gasteiger charge is 2.28. The maximum absolute atomic E-state index is 12.2. The third-order valence-electron chi connectivity index (χ3n) is 4.40. The fourth-order valence-corrected chi connectivity index (χ4v) is 2.98. The third-order valence-corrected chi connectivity index (χ3v) is 4.63. The molecule has 0 fully saturated rings. The van der Waals surface area contributed by atoms with Gasteiger partial charge in [-0.3, -0.25) is 9.59 Å². The molecule has 0 spiro atoms. The average Bonchev–Trinajstić information content (AvgIpc) is 2.62. The third kappa shape index (κ3) is 4.35. The number of benzene rings is 2. The number of rotatable bonds is 4. The van der Waals surface area contributed by atoms with Crippen LogP contribution in [0.4, 0.5) is 5.69 Å². The van der Waals surface area contributed by atoms with Gasteiger partial charge in [-0.05, 0) is 67.3 Å². The number of fused-ring (bicyclic) bond motifs is 1. The molecule has 2 aromatic rings. The quantitative estimate of drug-likeness (QED) is 0.830. The van der Waals surface area contributed by atoms with Crippen molar-refractivity contribution in [3.05, 3.63) is 58.1 Å². The minimum Gasteiger partial charge on any atom is -0.492 e. The van der Waals surface area contributed by atoms with E-state index >= 15 is 0 Å². The first-order valence-electron chi connectivity index (χ1n) is 8.37. The Morgan fingerprint density at radius 3 is 2.77 bits per heavy atom. The van der Waals surface area contributed by atoms with Crippen molar-refractivity contribution in [2.45, 2.75) is 20.3 Å². The van der Waals surface area contributed by atoms with Crippen molar-refractivity contribution in [2.75, 3.05) is 18.5 Å². The zero-order chi connectivity index (χ0) is 18.7. The lowest BCUT2D eigenvalue weighted by Crippen LogP contribution is -2.32. The molecule has 2 aromatic carbocycles. The van der Waals surface area contributed by atoms with Gasteiger partial charge in [0.2, 0.25) is 0 Å². The van der Waals surface area contributed by atoms with Gasteiger partial charge >= 0.3 is 5.97 Å². The smallest absolute Gasteiger partial charge is 0.313 e. The van der Waals surface area contributed by atoms with Gasteiger partial charge in [0.05, 0.1) is 5.92 Å². The van der Waals surface area contributed by atoms with Gasteiger partial charge in [-0.1, -0.05) is 17.7 Å². The van der Waals surface area contributed by atoms with Gasteiger partial charge < -0.3 is 14.8 Å². The summed E-state index contributed by atoms with van der Waals surface area (Å²) in [6, 6.07) is 10.9. The minimum absolute atomic E-state index is 0.228. The minimum atomic E-state index is -0.453. The molecule has 3 rings (SSSR count). The molecule has 0 saturated carbocycles. The fraction of sp³-hybridized carbons (Fsp3) is 0.300. The maximum atomic E-state index is 12.2. The number of hydrogen-bond acceptors (Lipinski definition) is 4. The Morgan fingerprint density at radius 2 is 2.00 bits per heavy atom. The van der Waals surface area contributed by atoms with Gasteiger partial charge in [0.15, 0.2) is 6.61 Å². The van der Waals surface area contributed by atoms with Crippen molar-refractivity contribution in [1.82, 2.24) is 0 Å². The van der Waals surface area contributed by atoms with Crippen LogP contribution in [0.2, 0.25) is 5.02 Å². The molecule has 5 nitrogen and oxygen atoms in total. The van der Waals surface area contributed by atoms with Crippen LogP contribution < -0.4 is 10.1 Å². The Balaban J connectivity index is 1.52. The monoisotopic (exact) mass is 373 g/mol. The SMILES string of the molecule is Cc1ccc(NC(=O)COC(=O)[C@@H]2COc3ccc(Cl)cc3C2)cc1C. The first-order valence-corrected chi connectivity index (χ1v) is 8.75. The van der Waals surface area contributed by atoms with E-state index in [1.165, 1.54) is 0 Å². The molecule has 1 aliphatic heterocycles. The Labute approximate surface area is 157 Å². The normalized spacial score (nSPS) is 15.6. The van der Waals surface area contributed by atoms with Gasteiger partial charge in [0, 0.05) is 10.7 Å². The number of carbonyl (C=O) groups excluding carboxylic acids is 2. The van der Waals surface area contributed by atoms with Crippen LogP contribution in [-0.4, -0.2) is 25.1 Å². The largest absolute Gasteiger partial charge is 0.492 e. The molecule has 1 N–H and O–H groups in total. The molecular weight excluding hydrogens is 354 g/mol. The summed E-state index contributed by atoms with van der Waals surface area (Å²) in [6.07, 6.45) is 0.480. The highest BCUT2D eigenvalue weighted by molar-refractivity contribution is 6.30. The molecule has 1 atom stereocenters. The number of halogens is 1. The molecule has 1 aliphatic rings. The molecule has 1 amide bonds. The second kappa shape index (κ2) is 7.79. The fourth-order valence-electron chi connectivity index (χ4n) is 2.79. The lowest BCUT2D eigenvalue weighted by molar-refractivity contribution is -0.152. The van der Waals surface area contributed by atoms with Gasteiger partial charge in [0.25, 0.3) is 5.91 Å². The van der Waals surface area contributed by atoms with E-state index in [-0.39, 0.29) is 19.1 Å². The van der Waals surface area contributed by atoms with Crippen molar-refractivity contribution < 1.29 is 19.1 Å². The van der Waals surface area contributed by atoms with E-state index in [9.17, 15) is 9.59 Å². The molecule has 0 aromatic heterocycles. The molecule has 136 valence electrons. The lowest BCUT2D eigenvalue weighted by atomic mass is 9.97. The zero-order valence-electron chi connectivity index (χ0n) is 14.7. The average molecular weight is 374 g/mol. The standard InChI is InChI=1S/C20H20ClNO4/c1-12-3-5-17(7-13(12)2)22-19(23)11-26-20(24)15-8-14-9-16(21)4-6-18(14)25-10-15/h3-7,9,15H,8,10-11H2,1-2H3,(H,22,23)/t15-/m0/s1. The molecule has 0 bridgehead atoms.